The van der Waals surface area contributed by atoms with E-state index in [0.717, 1.165) is 0 Å². The van der Waals surface area contributed by atoms with Gasteiger partial charge in [0.1, 0.15) is 42.7 Å². The van der Waals surface area contributed by atoms with Gasteiger partial charge in [-0.2, -0.15) is 0 Å². The highest BCUT2D eigenvalue weighted by Crippen LogP contribution is 2.29. The van der Waals surface area contributed by atoms with Gasteiger partial charge in [0.15, 0.2) is 12.6 Å². The second kappa shape index (κ2) is 8.97. The molecular weight excluding hydrogens is 344 g/mol. The number of hydrogen-bond donors (Lipinski definition) is 7. The van der Waals surface area contributed by atoms with E-state index in [0.29, 0.717) is 0 Å². The van der Waals surface area contributed by atoms with E-state index in [9.17, 15) is 30.6 Å². The molecule has 2 saturated heterocycles. The van der Waals surface area contributed by atoms with Gasteiger partial charge in [-0.3, -0.25) is 0 Å². The summed E-state index contributed by atoms with van der Waals surface area (Å²) >= 11 is 0. The first-order valence-electron chi connectivity index (χ1n) is 7.96. The lowest BCUT2D eigenvalue weighted by Crippen LogP contribution is -2.64. The van der Waals surface area contributed by atoms with E-state index in [4.69, 9.17) is 24.1 Å². The van der Waals surface area contributed by atoms with E-state index in [-0.39, 0.29) is 13.0 Å². The van der Waals surface area contributed by atoms with Crippen LogP contribution in [0, 0.1) is 0 Å². The van der Waals surface area contributed by atoms with E-state index in [1.807, 2.05) is 0 Å². The van der Waals surface area contributed by atoms with Crippen LogP contribution in [0.3, 0.4) is 0 Å². The van der Waals surface area contributed by atoms with Crippen LogP contribution in [0.25, 0.3) is 0 Å². The van der Waals surface area contributed by atoms with Crippen LogP contribution in [0.2, 0.25) is 0 Å². The number of rotatable bonds is 6. The van der Waals surface area contributed by atoms with Crippen molar-refractivity contribution in [2.24, 2.45) is 0 Å². The monoisotopic (exact) mass is 370 g/mol. The molecule has 10 atom stereocenters. The molecule has 0 radical (unpaired) electrons. The second-order valence-corrected chi connectivity index (χ2v) is 6.07. The zero-order valence-corrected chi connectivity index (χ0v) is 13.7. The van der Waals surface area contributed by atoms with Gasteiger partial charge in [0.05, 0.1) is 12.7 Å². The molecule has 0 bridgehead atoms. The highest BCUT2D eigenvalue weighted by Gasteiger charge is 2.50. The van der Waals surface area contributed by atoms with Crippen LogP contribution in [0.5, 0.6) is 0 Å². The van der Waals surface area contributed by atoms with Crippen LogP contribution in [0.15, 0.2) is 0 Å². The summed E-state index contributed by atoms with van der Waals surface area (Å²) in [6.45, 7) is -0.914. The summed E-state index contributed by atoms with van der Waals surface area (Å²) in [6.07, 6.45) is -13.8. The number of aliphatic hydroxyl groups excluding tert-OH is 7. The number of methoxy groups -OCH3 is 1. The Morgan fingerprint density at radius 2 is 1.36 bits per heavy atom. The van der Waals surface area contributed by atoms with E-state index in [1.54, 1.807) is 0 Å². The van der Waals surface area contributed by atoms with E-state index >= 15 is 0 Å². The minimum atomic E-state index is -1.66. The zero-order valence-electron chi connectivity index (χ0n) is 13.7. The summed E-state index contributed by atoms with van der Waals surface area (Å²) in [5.74, 6) is 0. The van der Waals surface area contributed by atoms with E-state index in [1.165, 1.54) is 7.11 Å². The average molecular weight is 370 g/mol. The lowest BCUT2D eigenvalue weighted by molar-refractivity contribution is -0.356. The molecule has 148 valence electrons. The Hall–Kier alpha value is -0.440. The lowest BCUT2D eigenvalue weighted by Gasteiger charge is -2.46. The summed E-state index contributed by atoms with van der Waals surface area (Å²) in [7, 11) is 1.25. The fraction of sp³-hybridized carbons (Fsp3) is 1.00. The third-order valence-electron chi connectivity index (χ3n) is 4.43. The Balaban J connectivity index is 2.12. The maximum atomic E-state index is 10.2. The highest BCUT2D eigenvalue weighted by atomic mass is 16.7. The molecule has 0 aromatic carbocycles. The van der Waals surface area contributed by atoms with Crippen molar-refractivity contribution in [3.05, 3.63) is 0 Å². The van der Waals surface area contributed by atoms with Gasteiger partial charge in [0.2, 0.25) is 0 Å². The standard InChI is InChI=1S/C14H26O11/c1-22-13-11(21)9(19)12(6(4-16)24-13)25-14-10(20)8(18)7(17)5(23-14)2-3-15/h5-21H,2-4H2,1H3/t5-,6-,7-,8+,9-,10+,11-,12+,13-,14-/m1/s1. The summed E-state index contributed by atoms with van der Waals surface area (Å²) in [4.78, 5) is 0. The van der Waals surface area contributed by atoms with Crippen LogP contribution in [-0.4, -0.2) is 117 Å². The Bertz CT molecular complexity index is 408. The molecule has 2 aliphatic heterocycles. The van der Waals surface area contributed by atoms with Gasteiger partial charge in [-0.25, -0.2) is 0 Å². The molecule has 2 rings (SSSR count). The van der Waals surface area contributed by atoms with Gasteiger partial charge in [-0.15, -0.1) is 0 Å². The van der Waals surface area contributed by atoms with Gasteiger partial charge >= 0.3 is 0 Å². The third kappa shape index (κ3) is 4.28. The second-order valence-electron chi connectivity index (χ2n) is 6.07. The van der Waals surface area contributed by atoms with Crippen LogP contribution >= 0.6 is 0 Å². The smallest absolute Gasteiger partial charge is 0.187 e. The molecular formula is C14H26O11. The molecule has 0 saturated carbocycles. The van der Waals surface area contributed by atoms with Crippen molar-refractivity contribution < 1.29 is 54.7 Å². The number of hydrogen-bond acceptors (Lipinski definition) is 11. The van der Waals surface area contributed by atoms with Gasteiger partial charge in [-0.1, -0.05) is 0 Å². The summed E-state index contributed by atoms with van der Waals surface area (Å²) in [5.41, 5.74) is 0. The Labute approximate surface area is 143 Å². The molecule has 0 unspecified atom stereocenters. The summed E-state index contributed by atoms with van der Waals surface area (Å²) in [5, 5.41) is 68.4. The van der Waals surface area contributed by atoms with Gasteiger partial charge in [0, 0.05) is 13.7 Å². The average Bonchev–Trinajstić information content (AvgIpc) is 2.61. The van der Waals surface area contributed by atoms with Crippen LogP contribution in [0.4, 0.5) is 0 Å². The van der Waals surface area contributed by atoms with Crippen molar-refractivity contribution in [1.82, 2.24) is 0 Å². The molecule has 2 heterocycles. The Morgan fingerprint density at radius 3 is 1.92 bits per heavy atom. The van der Waals surface area contributed by atoms with Crippen molar-refractivity contribution in [2.75, 3.05) is 20.3 Å². The SMILES string of the molecule is CO[C@@H]1O[C@H](CO)[C@H](O[C@H]2O[C@H](CCO)[C@@H](O)[C@H](O)[C@@H]2O)[C@H](O)[C@H]1O. The van der Waals surface area contributed by atoms with E-state index in [2.05, 4.69) is 0 Å². The molecule has 2 aliphatic rings. The van der Waals surface area contributed by atoms with Crippen molar-refractivity contribution in [3.8, 4) is 0 Å². The highest BCUT2D eigenvalue weighted by molar-refractivity contribution is 4.94. The molecule has 0 spiro atoms. The minimum Gasteiger partial charge on any atom is -0.396 e. The molecule has 0 aromatic heterocycles. The van der Waals surface area contributed by atoms with E-state index < -0.39 is 68.0 Å². The van der Waals surface area contributed by atoms with Gasteiger partial charge < -0.3 is 54.7 Å². The fourth-order valence-electron chi connectivity index (χ4n) is 2.97. The Morgan fingerprint density at radius 1 is 0.760 bits per heavy atom. The first-order valence-corrected chi connectivity index (χ1v) is 7.96. The summed E-state index contributed by atoms with van der Waals surface area (Å²) < 4.78 is 20.9. The maximum Gasteiger partial charge on any atom is 0.187 e. The first-order chi connectivity index (χ1) is 11.8. The Kier molecular flexibility index (Phi) is 7.49. The lowest BCUT2D eigenvalue weighted by atomic mass is 9.96. The van der Waals surface area contributed by atoms with Crippen molar-refractivity contribution in [2.45, 2.75) is 67.8 Å². The van der Waals surface area contributed by atoms with Crippen LogP contribution < -0.4 is 0 Å². The van der Waals surface area contributed by atoms with Crippen molar-refractivity contribution in [3.63, 3.8) is 0 Å². The third-order valence-corrected chi connectivity index (χ3v) is 4.43. The summed E-state index contributed by atoms with van der Waals surface area (Å²) in [6, 6.07) is 0. The number of ether oxygens (including phenoxy) is 4. The zero-order chi connectivity index (χ0) is 18.7. The predicted molar refractivity (Wildman–Crippen MR) is 78.0 cm³/mol. The molecule has 0 amide bonds. The number of aliphatic hydroxyl groups is 7. The molecule has 0 aromatic rings. The van der Waals surface area contributed by atoms with Crippen molar-refractivity contribution in [1.29, 1.82) is 0 Å². The first kappa shape index (κ1) is 20.9. The van der Waals surface area contributed by atoms with Crippen LogP contribution in [-0.2, 0) is 18.9 Å². The van der Waals surface area contributed by atoms with Gasteiger partial charge in [-0.05, 0) is 6.42 Å². The minimum absolute atomic E-state index is 0.0215. The predicted octanol–water partition coefficient (Wildman–Crippen LogP) is -4.35. The quantitative estimate of drug-likeness (QED) is 0.240. The van der Waals surface area contributed by atoms with Crippen molar-refractivity contribution >= 4 is 0 Å². The van der Waals surface area contributed by atoms with Gasteiger partial charge in [0.25, 0.3) is 0 Å². The molecule has 2 fully saturated rings. The van der Waals surface area contributed by atoms with Crippen LogP contribution in [0.1, 0.15) is 6.42 Å². The normalized spacial score (nSPS) is 48.5. The molecule has 11 heteroatoms. The molecule has 0 aliphatic carbocycles. The maximum absolute atomic E-state index is 10.2. The molecule has 7 N–H and O–H groups in total. The fourth-order valence-corrected chi connectivity index (χ4v) is 2.97. The molecule has 25 heavy (non-hydrogen) atoms. The molecule has 11 nitrogen and oxygen atoms in total. The largest absolute Gasteiger partial charge is 0.396 e. The topological polar surface area (TPSA) is 179 Å².